The fraction of sp³-hybridized carbons (Fsp3) is 0.318. The van der Waals surface area contributed by atoms with Gasteiger partial charge >= 0.3 is 12.0 Å². The molecule has 1 fully saturated rings. The van der Waals surface area contributed by atoms with Crippen molar-refractivity contribution in [3.05, 3.63) is 70.8 Å². The van der Waals surface area contributed by atoms with Crippen molar-refractivity contribution in [1.29, 1.82) is 0 Å². The van der Waals surface area contributed by atoms with Crippen LogP contribution in [-0.2, 0) is 6.54 Å². The maximum atomic E-state index is 12.8. The van der Waals surface area contributed by atoms with E-state index >= 15 is 0 Å². The fourth-order valence-corrected chi connectivity index (χ4v) is 3.48. The molecule has 1 heterocycles. The summed E-state index contributed by atoms with van der Waals surface area (Å²) < 4.78 is 0. The number of carbonyl (C=O) groups excluding carboxylic acids is 2. The molecule has 3 amide bonds. The van der Waals surface area contributed by atoms with Gasteiger partial charge in [-0.15, -0.1) is 0 Å². The zero-order valence-corrected chi connectivity index (χ0v) is 16.7. The molecule has 7 heteroatoms. The second-order valence-electron chi connectivity index (χ2n) is 7.30. The highest BCUT2D eigenvalue weighted by molar-refractivity contribution is 5.98. The summed E-state index contributed by atoms with van der Waals surface area (Å²) in [5.74, 6) is -1.26. The summed E-state index contributed by atoms with van der Waals surface area (Å²) in [5, 5.41) is 9.21. The average molecular weight is 395 g/mol. The fourth-order valence-electron chi connectivity index (χ4n) is 3.48. The first-order valence-corrected chi connectivity index (χ1v) is 9.53. The molecule has 1 aliphatic heterocycles. The second-order valence-corrected chi connectivity index (χ2v) is 7.30. The third kappa shape index (κ3) is 4.93. The van der Waals surface area contributed by atoms with Gasteiger partial charge < -0.3 is 19.8 Å². The van der Waals surface area contributed by atoms with E-state index < -0.39 is 5.97 Å². The molecule has 0 saturated carbocycles. The molecule has 1 saturated heterocycles. The minimum atomic E-state index is -1.06. The van der Waals surface area contributed by atoms with Gasteiger partial charge in [0.15, 0.2) is 0 Å². The summed E-state index contributed by atoms with van der Waals surface area (Å²) in [6.45, 7) is 4.02. The van der Waals surface area contributed by atoms with Crippen molar-refractivity contribution in [3.8, 4) is 0 Å². The summed E-state index contributed by atoms with van der Waals surface area (Å²) in [6, 6.07) is 14.4. The van der Waals surface area contributed by atoms with Crippen molar-refractivity contribution in [2.24, 2.45) is 0 Å². The zero-order chi connectivity index (χ0) is 21.0. The molecular weight excluding hydrogens is 370 g/mol. The molecule has 0 aliphatic carbocycles. The number of carboxylic acid groups (broad SMARTS) is 1. The Morgan fingerprint density at radius 3 is 2.14 bits per heavy atom. The van der Waals surface area contributed by atoms with Crippen molar-refractivity contribution < 1.29 is 19.5 Å². The van der Waals surface area contributed by atoms with E-state index in [0.29, 0.717) is 38.3 Å². The zero-order valence-electron chi connectivity index (χ0n) is 16.7. The number of benzene rings is 2. The Morgan fingerprint density at radius 1 is 0.931 bits per heavy atom. The molecule has 0 spiro atoms. The van der Waals surface area contributed by atoms with Crippen LogP contribution in [0.1, 0.15) is 31.8 Å². The number of nitrogens with zero attached hydrogens (tertiary/aromatic N) is 3. The van der Waals surface area contributed by atoms with Gasteiger partial charge in [0.1, 0.15) is 0 Å². The van der Waals surface area contributed by atoms with Crippen LogP contribution in [0.25, 0.3) is 0 Å². The Kier molecular flexibility index (Phi) is 6.16. The normalized spacial score (nSPS) is 13.9. The van der Waals surface area contributed by atoms with Crippen LogP contribution in [0.15, 0.2) is 48.5 Å². The quantitative estimate of drug-likeness (QED) is 0.863. The van der Waals surface area contributed by atoms with Gasteiger partial charge in [-0.3, -0.25) is 4.79 Å². The monoisotopic (exact) mass is 395 g/mol. The number of carboxylic acids is 1. The predicted octanol–water partition coefficient (Wildman–Crippen LogP) is 2.70. The molecule has 0 aromatic heterocycles. The first-order valence-electron chi connectivity index (χ1n) is 9.53. The van der Waals surface area contributed by atoms with E-state index in [1.165, 1.54) is 12.1 Å². The van der Waals surface area contributed by atoms with Crippen LogP contribution >= 0.6 is 0 Å². The van der Waals surface area contributed by atoms with Crippen LogP contribution in [0.4, 0.5) is 4.79 Å². The van der Waals surface area contributed by atoms with Crippen LogP contribution in [0, 0.1) is 6.92 Å². The van der Waals surface area contributed by atoms with Gasteiger partial charge in [0.25, 0.3) is 5.91 Å². The summed E-state index contributed by atoms with van der Waals surface area (Å²) >= 11 is 0. The first-order chi connectivity index (χ1) is 13.8. The van der Waals surface area contributed by atoms with Gasteiger partial charge in [0.2, 0.25) is 0 Å². The van der Waals surface area contributed by atoms with Crippen LogP contribution in [0.3, 0.4) is 0 Å². The molecular formula is C22H25N3O4. The maximum Gasteiger partial charge on any atom is 0.335 e. The Balaban J connectivity index is 1.59. The molecule has 1 N–H and O–H groups in total. The molecule has 2 aromatic rings. The summed E-state index contributed by atoms with van der Waals surface area (Å²) in [6.07, 6.45) is 0. The van der Waals surface area contributed by atoms with Gasteiger partial charge in [-0.25, -0.2) is 9.59 Å². The molecule has 7 nitrogen and oxygen atoms in total. The number of carbonyl (C=O) groups is 3. The van der Waals surface area contributed by atoms with E-state index in [0.717, 1.165) is 11.1 Å². The number of aryl methyl sites for hydroxylation is 1. The number of rotatable bonds is 4. The van der Waals surface area contributed by atoms with E-state index in [1.54, 1.807) is 34.7 Å². The van der Waals surface area contributed by atoms with E-state index in [1.807, 2.05) is 30.3 Å². The Labute approximate surface area is 170 Å². The van der Waals surface area contributed by atoms with Gasteiger partial charge in [-0.1, -0.05) is 30.3 Å². The van der Waals surface area contributed by atoms with Gasteiger partial charge in [0.05, 0.1) is 5.56 Å². The number of hydrogen-bond acceptors (Lipinski definition) is 3. The molecule has 152 valence electrons. The van der Waals surface area contributed by atoms with Crippen LogP contribution in [-0.4, -0.2) is 70.9 Å². The lowest BCUT2D eigenvalue weighted by Gasteiger charge is -2.36. The molecule has 1 aliphatic rings. The lowest BCUT2D eigenvalue weighted by Crippen LogP contribution is -2.53. The number of amides is 3. The summed E-state index contributed by atoms with van der Waals surface area (Å²) in [7, 11) is 1.77. The molecule has 0 radical (unpaired) electrons. The number of piperazine rings is 1. The van der Waals surface area contributed by atoms with Crippen LogP contribution < -0.4 is 0 Å². The van der Waals surface area contributed by atoms with Gasteiger partial charge in [-0.05, 0) is 36.2 Å². The Bertz CT molecular complexity index is 906. The highest BCUT2D eigenvalue weighted by Gasteiger charge is 2.27. The second kappa shape index (κ2) is 8.77. The average Bonchev–Trinajstić information content (AvgIpc) is 2.73. The Hall–Kier alpha value is -3.35. The van der Waals surface area contributed by atoms with Crippen molar-refractivity contribution >= 4 is 17.9 Å². The number of hydrogen-bond donors (Lipinski definition) is 1. The van der Waals surface area contributed by atoms with Crippen molar-refractivity contribution in [2.45, 2.75) is 13.5 Å². The minimum Gasteiger partial charge on any atom is -0.478 e. The van der Waals surface area contributed by atoms with Crippen molar-refractivity contribution in [3.63, 3.8) is 0 Å². The summed E-state index contributed by atoms with van der Waals surface area (Å²) in [5.41, 5.74) is 2.25. The number of urea groups is 1. The van der Waals surface area contributed by atoms with E-state index in [4.69, 9.17) is 0 Å². The number of aromatic carboxylic acids is 1. The summed E-state index contributed by atoms with van der Waals surface area (Å²) in [4.78, 5) is 41.8. The molecule has 3 rings (SSSR count). The lowest BCUT2D eigenvalue weighted by molar-refractivity contribution is 0.0643. The molecule has 0 unspecified atom stereocenters. The largest absolute Gasteiger partial charge is 0.478 e. The smallest absolute Gasteiger partial charge is 0.335 e. The van der Waals surface area contributed by atoms with Crippen molar-refractivity contribution in [2.75, 3.05) is 33.2 Å². The van der Waals surface area contributed by atoms with Crippen molar-refractivity contribution in [1.82, 2.24) is 14.7 Å². The minimum absolute atomic E-state index is 0.0651. The third-order valence-electron chi connectivity index (χ3n) is 5.00. The molecule has 29 heavy (non-hydrogen) atoms. The molecule has 2 aromatic carbocycles. The highest BCUT2D eigenvalue weighted by atomic mass is 16.4. The van der Waals surface area contributed by atoms with Crippen LogP contribution in [0.5, 0.6) is 0 Å². The van der Waals surface area contributed by atoms with E-state index in [9.17, 15) is 19.5 Å². The van der Waals surface area contributed by atoms with E-state index in [2.05, 4.69) is 0 Å². The third-order valence-corrected chi connectivity index (χ3v) is 5.00. The van der Waals surface area contributed by atoms with E-state index in [-0.39, 0.29) is 17.5 Å². The first kappa shape index (κ1) is 20.4. The topological polar surface area (TPSA) is 81.2 Å². The SMILES string of the molecule is Cc1cc(C(=O)O)cc(C(=O)N2CCN(C(=O)N(C)Cc3ccccc3)CC2)c1. The molecule has 0 bridgehead atoms. The maximum absolute atomic E-state index is 12.8. The standard InChI is InChI=1S/C22H25N3O4/c1-16-12-18(14-19(13-16)21(27)28)20(26)24-8-10-25(11-9-24)22(29)23(2)15-17-6-4-3-5-7-17/h3-7,12-14H,8-11,15H2,1-2H3,(H,27,28). The molecule has 0 atom stereocenters. The highest BCUT2D eigenvalue weighted by Crippen LogP contribution is 2.15. The van der Waals surface area contributed by atoms with Gasteiger partial charge in [-0.2, -0.15) is 0 Å². The van der Waals surface area contributed by atoms with Gasteiger partial charge in [0, 0.05) is 45.3 Å². The van der Waals surface area contributed by atoms with Crippen LogP contribution in [0.2, 0.25) is 0 Å². The predicted molar refractivity (Wildman–Crippen MR) is 109 cm³/mol. The lowest BCUT2D eigenvalue weighted by atomic mass is 10.1. The Morgan fingerprint density at radius 2 is 1.52 bits per heavy atom.